The van der Waals surface area contributed by atoms with Crippen molar-refractivity contribution in [3.63, 3.8) is 0 Å². The van der Waals surface area contributed by atoms with Gasteiger partial charge in [-0.3, -0.25) is 24.0 Å². The first-order chi connectivity index (χ1) is 32.8. The summed E-state index contributed by atoms with van der Waals surface area (Å²) < 4.78 is 58.1. The molecule has 0 saturated carbocycles. The predicted octanol–water partition coefficient (Wildman–Crippen LogP) is 1.83. The van der Waals surface area contributed by atoms with E-state index in [9.17, 15) is 24.0 Å². The normalized spacial score (nSPS) is 11.6. The van der Waals surface area contributed by atoms with Gasteiger partial charge in [0.25, 0.3) is 0 Å². The summed E-state index contributed by atoms with van der Waals surface area (Å²) >= 11 is 0. The quantitative estimate of drug-likeness (QED) is 0.0637. The molecule has 3 amide bonds. The third-order valence-electron chi connectivity index (χ3n) is 9.44. The van der Waals surface area contributed by atoms with Crippen LogP contribution >= 0.6 is 0 Å². The molecule has 0 aliphatic rings. The third-order valence-corrected chi connectivity index (χ3v) is 9.44. The SMILES string of the molecule is COCCOCCOCCOCCOCC(=O)NCC[C@H](NC(=O)COCCOCCOCCOCCOC)C(=O)NCCC(=O)OCC(=O)Cc1ccc(CCCCc2ccccc2)cc1. The van der Waals surface area contributed by atoms with Gasteiger partial charge in [0.05, 0.1) is 112 Å². The van der Waals surface area contributed by atoms with Gasteiger partial charge < -0.3 is 68.1 Å². The Labute approximate surface area is 395 Å². The molecule has 0 heterocycles. The van der Waals surface area contributed by atoms with Crippen LogP contribution in [0.15, 0.2) is 54.6 Å². The lowest BCUT2D eigenvalue weighted by Crippen LogP contribution is -2.49. The lowest BCUT2D eigenvalue weighted by atomic mass is 10.0. The minimum atomic E-state index is -1.07. The molecule has 0 bridgehead atoms. The van der Waals surface area contributed by atoms with Crippen molar-refractivity contribution in [3.8, 4) is 0 Å². The molecule has 378 valence electrons. The fourth-order valence-corrected chi connectivity index (χ4v) is 5.90. The van der Waals surface area contributed by atoms with Crippen molar-refractivity contribution in [2.45, 2.75) is 51.0 Å². The molecule has 2 aromatic carbocycles. The van der Waals surface area contributed by atoms with E-state index in [0.717, 1.165) is 31.2 Å². The Bertz CT molecular complexity index is 1570. The molecule has 0 aromatic heterocycles. The highest BCUT2D eigenvalue weighted by atomic mass is 16.6. The maximum absolute atomic E-state index is 13.2. The molecule has 19 heteroatoms. The molecule has 1 atom stereocenters. The molecule has 0 aliphatic carbocycles. The Morgan fingerprint density at radius 3 is 1.43 bits per heavy atom. The van der Waals surface area contributed by atoms with Crippen molar-refractivity contribution >= 4 is 29.5 Å². The summed E-state index contributed by atoms with van der Waals surface area (Å²) in [5.41, 5.74) is 3.36. The van der Waals surface area contributed by atoms with Crippen molar-refractivity contribution in [1.82, 2.24) is 16.0 Å². The van der Waals surface area contributed by atoms with E-state index in [1.54, 1.807) is 14.2 Å². The number of carbonyl (C=O) groups is 5. The van der Waals surface area contributed by atoms with Crippen LogP contribution in [0.4, 0.5) is 0 Å². The average Bonchev–Trinajstić information content (AvgIpc) is 3.33. The van der Waals surface area contributed by atoms with Gasteiger partial charge in [-0.1, -0.05) is 54.6 Å². The average molecular weight is 950 g/mol. The highest BCUT2D eigenvalue weighted by Crippen LogP contribution is 2.11. The topological polar surface area (TPSA) is 223 Å². The van der Waals surface area contributed by atoms with Crippen LogP contribution in [0, 0.1) is 0 Å². The van der Waals surface area contributed by atoms with Gasteiger partial charge >= 0.3 is 5.97 Å². The third kappa shape index (κ3) is 34.5. The molecular formula is C48H75N3O16. The van der Waals surface area contributed by atoms with Gasteiger partial charge in [-0.25, -0.2) is 0 Å². The van der Waals surface area contributed by atoms with Gasteiger partial charge in [-0.15, -0.1) is 0 Å². The van der Waals surface area contributed by atoms with Gasteiger partial charge in [-0.05, 0) is 48.8 Å². The summed E-state index contributed by atoms with van der Waals surface area (Å²) in [6.45, 7) is 5.00. The number of benzene rings is 2. The highest BCUT2D eigenvalue weighted by molar-refractivity contribution is 5.88. The molecule has 67 heavy (non-hydrogen) atoms. The summed E-state index contributed by atoms with van der Waals surface area (Å²) in [5, 5.41) is 7.90. The van der Waals surface area contributed by atoms with E-state index in [-0.39, 0.29) is 77.8 Å². The van der Waals surface area contributed by atoms with Crippen LogP contribution in [-0.2, 0) is 95.3 Å². The highest BCUT2D eigenvalue weighted by Gasteiger charge is 2.21. The molecule has 3 N–H and O–H groups in total. The van der Waals surface area contributed by atoms with Crippen molar-refractivity contribution in [3.05, 3.63) is 71.3 Å². The first kappa shape index (κ1) is 58.7. The standard InChI is InChI=1S/C48H75N3O16/c1-57-20-22-59-24-26-61-28-30-63-32-34-65-38-45(53)49-18-16-44(51-46(54)39-66-35-33-64-31-29-62-27-25-60-23-21-58-2)48(56)50-19-17-47(55)67-37-43(52)36-42-14-12-41(13-15-42)11-7-6-10-40-8-4-3-5-9-40/h3-5,8-9,12-15,44H,6-7,10-11,16-39H2,1-2H3,(H,49,53)(H,50,56)(H,51,54)/t44-/m0/s1. The van der Waals surface area contributed by atoms with Crippen LogP contribution < -0.4 is 16.0 Å². The van der Waals surface area contributed by atoms with Crippen LogP contribution in [0.2, 0.25) is 0 Å². The molecule has 0 saturated heterocycles. The molecule has 0 aliphatic heterocycles. The molecule has 0 fully saturated rings. The number of ketones is 1. The fourth-order valence-electron chi connectivity index (χ4n) is 5.90. The zero-order chi connectivity index (χ0) is 48.3. The number of hydrogen-bond donors (Lipinski definition) is 3. The van der Waals surface area contributed by atoms with Crippen molar-refractivity contribution in [2.24, 2.45) is 0 Å². The van der Waals surface area contributed by atoms with E-state index >= 15 is 0 Å². The number of amides is 3. The van der Waals surface area contributed by atoms with Crippen molar-refractivity contribution in [1.29, 1.82) is 0 Å². The summed E-state index contributed by atoms with van der Waals surface area (Å²) in [6, 6.07) is 17.2. The van der Waals surface area contributed by atoms with Gasteiger partial charge in [0.15, 0.2) is 5.78 Å². The Hall–Kier alpha value is -4.41. The molecule has 0 radical (unpaired) electrons. The van der Waals surface area contributed by atoms with Crippen LogP contribution in [0.3, 0.4) is 0 Å². The number of aryl methyl sites for hydroxylation is 2. The molecule has 2 rings (SSSR count). The number of unbranched alkanes of at least 4 members (excludes halogenated alkanes) is 1. The largest absolute Gasteiger partial charge is 0.458 e. The lowest BCUT2D eigenvalue weighted by molar-refractivity contribution is -0.147. The van der Waals surface area contributed by atoms with Crippen LogP contribution in [-0.4, -0.2) is 188 Å². The maximum Gasteiger partial charge on any atom is 0.308 e. The maximum atomic E-state index is 13.2. The Kier molecular flexibility index (Phi) is 36.6. The smallest absolute Gasteiger partial charge is 0.308 e. The Morgan fingerprint density at radius 2 is 0.925 bits per heavy atom. The van der Waals surface area contributed by atoms with E-state index in [1.807, 2.05) is 30.3 Å². The van der Waals surface area contributed by atoms with Crippen LogP contribution in [0.1, 0.15) is 42.4 Å². The number of Topliss-reactive ketones (excluding diaryl/α,β-unsaturated/α-hetero) is 1. The van der Waals surface area contributed by atoms with Gasteiger partial charge in [0.2, 0.25) is 17.7 Å². The van der Waals surface area contributed by atoms with Crippen LogP contribution in [0.5, 0.6) is 0 Å². The van der Waals surface area contributed by atoms with Crippen LogP contribution in [0.25, 0.3) is 0 Å². The van der Waals surface area contributed by atoms with E-state index in [4.69, 9.17) is 52.1 Å². The number of esters is 1. The second-order valence-corrected chi connectivity index (χ2v) is 15.0. The number of hydrogen-bond acceptors (Lipinski definition) is 16. The number of nitrogens with one attached hydrogen (secondary N) is 3. The summed E-state index contributed by atoms with van der Waals surface area (Å²) in [5.74, 6) is -2.51. The monoisotopic (exact) mass is 950 g/mol. The summed E-state index contributed by atoms with van der Waals surface area (Å²) in [7, 11) is 3.21. The lowest BCUT2D eigenvalue weighted by Gasteiger charge is -2.19. The molecule has 19 nitrogen and oxygen atoms in total. The van der Waals surface area contributed by atoms with Gasteiger partial charge in [0.1, 0.15) is 25.9 Å². The minimum Gasteiger partial charge on any atom is -0.458 e. The Balaban J connectivity index is 1.68. The second-order valence-electron chi connectivity index (χ2n) is 15.0. The van der Waals surface area contributed by atoms with Gasteiger partial charge in [0, 0.05) is 33.7 Å². The summed E-state index contributed by atoms with van der Waals surface area (Å²) in [4.78, 5) is 63.3. The first-order valence-electron chi connectivity index (χ1n) is 23.0. The zero-order valence-electron chi connectivity index (χ0n) is 39.6. The number of ether oxygens (including phenoxy) is 11. The number of carbonyl (C=O) groups excluding carboxylic acids is 5. The van der Waals surface area contributed by atoms with Gasteiger partial charge in [-0.2, -0.15) is 0 Å². The second kappa shape index (κ2) is 41.8. The molecule has 2 aromatic rings. The van der Waals surface area contributed by atoms with E-state index in [1.165, 1.54) is 11.1 Å². The molecule has 0 unspecified atom stereocenters. The van der Waals surface area contributed by atoms with Crippen molar-refractivity contribution < 1.29 is 76.1 Å². The number of rotatable bonds is 45. The van der Waals surface area contributed by atoms with E-state index in [2.05, 4.69) is 40.2 Å². The fraction of sp³-hybridized carbons (Fsp3) is 0.646. The van der Waals surface area contributed by atoms with E-state index in [0.29, 0.717) is 79.3 Å². The minimum absolute atomic E-state index is 0.0264. The zero-order valence-corrected chi connectivity index (χ0v) is 39.6. The summed E-state index contributed by atoms with van der Waals surface area (Å²) in [6.07, 6.45) is 4.10. The van der Waals surface area contributed by atoms with E-state index < -0.39 is 36.3 Å². The Morgan fingerprint density at radius 1 is 0.478 bits per heavy atom. The predicted molar refractivity (Wildman–Crippen MR) is 247 cm³/mol. The number of methoxy groups -OCH3 is 2. The first-order valence-corrected chi connectivity index (χ1v) is 23.0. The van der Waals surface area contributed by atoms with Crippen molar-refractivity contribution in [2.75, 3.05) is 153 Å². The molecule has 0 spiro atoms. The molecular weight excluding hydrogens is 875 g/mol.